The number of hydrogen-bond acceptors (Lipinski definition) is 2. The van der Waals surface area contributed by atoms with E-state index in [0.29, 0.717) is 0 Å². The van der Waals surface area contributed by atoms with Crippen molar-refractivity contribution < 1.29 is 0 Å². The van der Waals surface area contributed by atoms with Crippen molar-refractivity contribution >= 4 is 55.9 Å². The monoisotopic (exact) mass is 1420 g/mol. The molecule has 2 aliphatic heterocycles. The maximum absolute atomic E-state index is 2.83. The van der Waals surface area contributed by atoms with E-state index in [-0.39, 0.29) is 60.6 Å². The van der Waals surface area contributed by atoms with Crippen molar-refractivity contribution in [2.75, 3.05) is 9.80 Å². The minimum Gasteiger partial charge on any atom is -0.309 e. The van der Waals surface area contributed by atoms with Crippen molar-refractivity contribution in [3.8, 4) is 27.9 Å². The minimum absolute atomic E-state index is 0.0138. The molecule has 12 aromatic rings. The van der Waals surface area contributed by atoms with E-state index < -0.39 is 0 Å². The molecule has 0 radical (unpaired) electrons. The highest BCUT2D eigenvalue weighted by molar-refractivity contribution is 6.11. The maximum Gasteiger partial charge on any atom is 0.0577 e. The molecular formula is C105H119N3. The van der Waals surface area contributed by atoms with Gasteiger partial charge in [-0.1, -0.05) is 326 Å². The van der Waals surface area contributed by atoms with E-state index >= 15 is 0 Å². The Hall–Kier alpha value is -9.18. The fourth-order valence-corrected chi connectivity index (χ4v) is 17.7. The van der Waals surface area contributed by atoms with Crippen molar-refractivity contribution in [1.29, 1.82) is 0 Å². The van der Waals surface area contributed by atoms with Gasteiger partial charge in [0.1, 0.15) is 0 Å². The van der Waals surface area contributed by atoms with Gasteiger partial charge in [-0.15, -0.1) is 0 Å². The first kappa shape index (κ1) is 74.3. The first-order valence-electron chi connectivity index (χ1n) is 40.2. The summed E-state index contributed by atoms with van der Waals surface area (Å²) in [4.78, 5) is 5.63. The molecule has 0 saturated carbocycles. The van der Waals surface area contributed by atoms with E-state index in [0.717, 1.165) is 12.1 Å². The molecule has 3 nitrogen and oxygen atoms in total. The molecule has 0 saturated heterocycles. The van der Waals surface area contributed by atoms with Crippen LogP contribution in [0.4, 0.5) is 34.1 Å². The van der Waals surface area contributed by atoms with Crippen LogP contribution in [-0.4, -0.2) is 4.57 Å². The molecule has 11 aromatic carbocycles. The molecule has 3 heterocycles. The van der Waals surface area contributed by atoms with Crippen LogP contribution in [0.1, 0.15) is 293 Å². The molecule has 1 atom stereocenters. The molecule has 0 fully saturated rings. The Balaban J connectivity index is 1.15. The highest BCUT2D eigenvalue weighted by Crippen LogP contribution is 2.65. The van der Waals surface area contributed by atoms with Crippen LogP contribution in [0.25, 0.3) is 49.7 Å². The average Bonchev–Trinajstić information content (AvgIpc) is 0.716. The summed E-state index contributed by atoms with van der Waals surface area (Å²) in [7, 11) is 0. The molecule has 554 valence electrons. The van der Waals surface area contributed by atoms with Gasteiger partial charge in [-0.05, 0) is 222 Å². The fraction of sp³-hybridized carbons (Fsp3) is 0.371. The molecule has 108 heavy (non-hydrogen) atoms. The summed E-state index contributed by atoms with van der Waals surface area (Å²) >= 11 is 0. The average molecular weight is 1420 g/mol. The molecule has 1 aliphatic carbocycles. The van der Waals surface area contributed by atoms with E-state index in [9.17, 15) is 0 Å². The standard InChI is InChI=1S/C105H119N3/c1-97(2,3)68-41-36-63(37-42-68)79-56-72(101(13,14)15)58-84(104(22,23)24)95(79)107-88-49-40-67(92-76-34-30-28-32-65(76)52-66-33-29-31-35-77(66)92)53-83(88)93-78-48-47-75(106-86-50-45-70(99(7,8)9)54-81(86)82-55-71(100(10,11)12)46-51-87(82)106)62-89(78)108(91-61-74(103(19,20)21)60-90(107)94(91)93)96-80(64-38-43-69(44-39-64)98(4,5)6)57-73(102(16,17)18)59-85(96)105(25,26)27/h28-51,53-62,92-93H,52H2,1-27H3. The lowest BCUT2D eigenvalue weighted by molar-refractivity contribution is 0.569. The topological polar surface area (TPSA) is 11.4 Å². The molecule has 0 N–H and O–H groups in total. The Morgan fingerprint density at radius 2 is 0.657 bits per heavy atom. The summed E-state index contributed by atoms with van der Waals surface area (Å²) in [6.45, 7) is 64.5. The number of hydrogen-bond donors (Lipinski definition) is 0. The summed E-state index contributed by atoms with van der Waals surface area (Å²) in [5.41, 5.74) is 37.1. The quantitative estimate of drug-likeness (QED) is 0.164. The van der Waals surface area contributed by atoms with Crippen LogP contribution in [0.5, 0.6) is 0 Å². The number of fused-ring (bicyclic) bond motifs is 9. The van der Waals surface area contributed by atoms with Gasteiger partial charge in [0.05, 0.1) is 45.2 Å². The van der Waals surface area contributed by atoms with E-state index in [1.165, 1.54) is 173 Å². The van der Waals surface area contributed by atoms with Crippen molar-refractivity contribution in [3.63, 3.8) is 0 Å². The number of anilines is 6. The Morgan fingerprint density at radius 1 is 0.269 bits per heavy atom. The third-order valence-corrected chi connectivity index (χ3v) is 24.3. The number of nitrogens with zero attached hydrogens (tertiary/aromatic N) is 3. The molecule has 3 heteroatoms. The third kappa shape index (κ3) is 12.9. The van der Waals surface area contributed by atoms with Crippen molar-refractivity contribution in [2.45, 2.75) is 254 Å². The van der Waals surface area contributed by atoms with Gasteiger partial charge < -0.3 is 14.4 Å². The summed E-state index contributed by atoms with van der Waals surface area (Å²) in [6, 6.07) is 83.6. The van der Waals surface area contributed by atoms with E-state index in [4.69, 9.17) is 0 Å². The van der Waals surface area contributed by atoms with Crippen LogP contribution < -0.4 is 9.80 Å². The molecule has 3 aliphatic rings. The molecule has 0 amide bonds. The van der Waals surface area contributed by atoms with Gasteiger partial charge in [-0.25, -0.2) is 0 Å². The number of rotatable bonds is 6. The second-order valence-electron chi connectivity index (χ2n) is 41.6. The molecule has 15 rings (SSSR count). The minimum atomic E-state index is -0.330. The van der Waals surface area contributed by atoms with Gasteiger partial charge in [0, 0.05) is 45.0 Å². The summed E-state index contributed by atoms with van der Waals surface area (Å²) in [6.07, 6.45) is 0.916. The van der Waals surface area contributed by atoms with Gasteiger partial charge in [-0.3, -0.25) is 0 Å². The molecule has 1 aromatic heterocycles. The largest absolute Gasteiger partial charge is 0.309 e. The second kappa shape index (κ2) is 25.2. The smallest absolute Gasteiger partial charge is 0.0577 e. The van der Waals surface area contributed by atoms with E-state index in [1.807, 2.05) is 0 Å². The van der Waals surface area contributed by atoms with E-state index in [1.54, 1.807) is 0 Å². The van der Waals surface area contributed by atoms with Crippen LogP contribution in [0.15, 0.2) is 206 Å². The molecule has 0 bridgehead atoms. The summed E-state index contributed by atoms with van der Waals surface area (Å²) < 4.78 is 2.60. The fourth-order valence-electron chi connectivity index (χ4n) is 17.7. The predicted molar refractivity (Wildman–Crippen MR) is 467 cm³/mol. The lowest BCUT2D eigenvalue weighted by Crippen LogP contribution is -2.33. The lowest BCUT2D eigenvalue weighted by Gasteiger charge is -2.48. The SMILES string of the molecule is CC(C)(C)c1ccc(-c2cc(C(C)(C)C)cc(C(C)(C)C)c2N2c3ccc(C4c5ccccc5Cc5ccccc54)cc3C3c4ccc(-n5c6ccc(C(C)(C)C)cc6c6cc(C(C)(C)C)ccc65)cc4N(c4c(-c5ccc(C(C)(C)C)cc5)cc(C(C)(C)C)cc4C(C)(C)C)c4cc(C(C)(C)C)cc2c43)cc1. The highest BCUT2D eigenvalue weighted by atomic mass is 15.2. The zero-order chi connectivity index (χ0) is 77.6. The van der Waals surface area contributed by atoms with Gasteiger partial charge in [-0.2, -0.15) is 0 Å². The Bertz CT molecular complexity index is 5460. The van der Waals surface area contributed by atoms with Crippen LogP contribution in [0.3, 0.4) is 0 Å². The summed E-state index contributed by atoms with van der Waals surface area (Å²) in [5.74, 6) is -0.200. The van der Waals surface area contributed by atoms with Gasteiger partial charge >= 0.3 is 0 Å². The predicted octanol–water partition coefficient (Wildman–Crippen LogP) is 29.6. The van der Waals surface area contributed by atoms with Crippen molar-refractivity contribution in [1.82, 2.24) is 4.57 Å². The third-order valence-electron chi connectivity index (χ3n) is 24.3. The van der Waals surface area contributed by atoms with Crippen LogP contribution in [0.2, 0.25) is 0 Å². The first-order chi connectivity index (χ1) is 50.2. The summed E-state index contributed by atoms with van der Waals surface area (Å²) in [5, 5.41) is 2.57. The molecule has 0 spiro atoms. The first-order valence-corrected chi connectivity index (χ1v) is 40.2. The van der Waals surface area contributed by atoms with Gasteiger partial charge in [0.15, 0.2) is 0 Å². The zero-order valence-corrected chi connectivity index (χ0v) is 70.3. The number of aromatic nitrogens is 1. The Kier molecular flexibility index (Phi) is 17.3. The molecular weight excluding hydrogens is 1300 g/mol. The van der Waals surface area contributed by atoms with Crippen LogP contribution in [0, 0.1) is 0 Å². The Morgan fingerprint density at radius 3 is 1.06 bits per heavy atom. The van der Waals surface area contributed by atoms with Crippen molar-refractivity contribution in [3.05, 3.63) is 301 Å². The van der Waals surface area contributed by atoms with Crippen molar-refractivity contribution in [2.24, 2.45) is 0 Å². The normalized spacial score (nSPS) is 15.2. The van der Waals surface area contributed by atoms with Gasteiger partial charge in [0.2, 0.25) is 0 Å². The van der Waals surface area contributed by atoms with E-state index in [2.05, 4.69) is 408 Å². The van der Waals surface area contributed by atoms with Gasteiger partial charge in [0.25, 0.3) is 0 Å². The zero-order valence-electron chi connectivity index (χ0n) is 70.3. The molecule has 1 unspecified atom stereocenters. The lowest BCUT2D eigenvalue weighted by atomic mass is 9.70. The van der Waals surface area contributed by atoms with Crippen LogP contribution in [-0.2, 0) is 55.2 Å². The highest BCUT2D eigenvalue weighted by Gasteiger charge is 2.47. The Labute approximate surface area is 648 Å². The second-order valence-corrected chi connectivity index (χ2v) is 41.6. The maximum atomic E-state index is 2.83. The van der Waals surface area contributed by atoms with Crippen LogP contribution >= 0.6 is 0 Å². The number of benzene rings is 11.